The lowest BCUT2D eigenvalue weighted by Gasteiger charge is -2.29. The number of quaternary nitrogens is 1. The van der Waals surface area contributed by atoms with E-state index in [1.165, 1.54) is 302 Å². The zero-order valence-corrected chi connectivity index (χ0v) is 52.9. The van der Waals surface area contributed by atoms with E-state index >= 15 is 0 Å². The van der Waals surface area contributed by atoms with Crippen molar-refractivity contribution in [2.45, 2.75) is 373 Å². The smallest absolute Gasteiger partial charge is 0.268 e. The molecule has 0 aromatic heterocycles. The van der Waals surface area contributed by atoms with E-state index in [0.29, 0.717) is 17.4 Å². The normalized spacial score (nSPS) is 13.7. The molecule has 0 radical (unpaired) electrons. The maximum absolute atomic E-state index is 13.0. The molecule has 0 aliphatic rings. The Bertz CT molecular complexity index is 1240. The number of rotatable bonds is 64. The third-order valence-corrected chi connectivity index (χ3v) is 17.0. The molecule has 0 saturated heterocycles. The zero-order chi connectivity index (χ0) is 55.6. The number of phosphoric ester groups is 1. The first-order valence-corrected chi connectivity index (χ1v) is 35.5. The molecular formula is C67H135N2O6P. The molecule has 3 unspecified atom stereocenters. The maximum atomic E-state index is 13.0. The number of likely N-dealkylation sites (N-methyl/N-ethyl adjacent to an activating group) is 1. The molecule has 0 spiro atoms. The van der Waals surface area contributed by atoms with Crippen molar-refractivity contribution < 1.29 is 32.9 Å². The molecule has 3 atom stereocenters. The average molecular weight is 1100 g/mol. The molecule has 0 aromatic rings. The molecule has 1 amide bonds. The number of allylic oxidation sites excluding steroid dienone is 1. The predicted molar refractivity (Wildman–Crippen MR) is 330 cm³/mol. The fourth-order valence-corrected chi connectivity index (χ4v) is 11.4. The first kappa shape index (κ1) is 75.2. The van der Waals surface area contributed by atoms with Gasteiger partial charge in [-0.15, -0.1) is 0 Å². The highest BCUT2D eigenvalue weighted by Crippen LogP contribution is 2.38. The number of hydrogen-bond donors (Lipinski definition) is 2. The molecular weight excluding hydrogens is 960 g/mol. The largest absolute Gasteiger partial charge is 0.756 e. The molecule has 0 fully saturated rings. The van der Waals surface area contributed by atoms with Gasteiger partial charge in [0.25, 0.3) is 7.82 Å². The van der Waals surface area contributed by atoms with Crippen LogP contribution in [0.3, 0.4) is 0 Å². The van der Waals surface area contributed by atoms with E-state index in [2.05, 4.69) is 19.2 Å². The summed E-state index contributed by atoms with van der Waals surface area (Å²) in [6.45, 7) is 4.72. The molecule has 8 nitrogen and oxygen atoms in total. The Labute approximate surface area is 475 Å². The van der Waals surface area contributed by atoms with E-state index in [1.807, 2.05) is 27.2 Å². The van der Waals surface area contributed by atoms with Crippen LogP contribution in [0.15, 0.2) is 12.2 Å². The summed E-state index contributed by atoms with van der Waals surface area (Å²) in [5.41, 5.74) is 0. The summed E-state index contributed by atoms with van der Waals surface area (Å²) in [7, 11) is 1.28. The number of aliphatic hydroxyl groups is 1. The molecule has 0 bridgehead atoms. The molecule has 0 aliphatic heterocycles. The fourth-order valence-electron chi connectivity index (χ4n) is 10.7. The van der Waals surface area contributed by atoms with E-state index < -0.39 is 20.0 Å². The van der Waals surface area contributed by atoms with Crippen LogP contribution >= 0.6 is 7.82 Å². The number of hydrogen-bond acceptors (Lipinski definition) is 6. The van der Waals surface area contributed by atoms with Crippen LogP contribution < -0.4 is 10.2 Å². The van der Waals surface area contributed by atoms with Gasteiger partial charge < -0.3 is 28.8 Å². The van der Waals surface area contributed by atoms with Crippen molar-refractivity contribution in [2.24, 2.45) is 0 Å². The summed E-state index contributed by atoms with van der Waals surface area (Å²) >= 11 is 0. The average Bonchev–Trinajstić information content (AvgIpc) is 3.38. The minimum absolute atomic E-state index is 0.00297. The molecule has 2 N–H and O–H groups in total. The van der Waals surface area contributed by atoms with Crippen molar-refractivity contribution in [1.82, 2.24) is 5.32 Å². The molecule has 0 aliphatic carbocycles. The van der Waals surface area contributed by atoms with Crippen molar-refractivity contribution in [3.63, 3.8) is 0 Å². The molecule has 9 heteroatoms. The lowest BCUT2D eigenvalue weighted by atomic mass is 10.0. The van der Waals surface area contributed by atoms with Gasteiger partial charge in [-0.25, -0.2) is 0 Å². The van der Waals surface area contributed by atoms with Crippen LogP contribution in [-0.2, 0) is 18.4 Å². The summed E-state index contributed by atoms with van der Waals surface area (Å²) in [4.78, 5) is 25.6. The van der Waals surface area contributed by atoms with Crippen LogP contribution in [0.4, 0.5) is 0 Å². The van der Waals surface area contributed by atoms with Gasteiger partial charge in [0.15, 0.2) is 0 Å². The molecule has 0 saturated carbocycles. The number of carbonyl (C=O) groups excluding carboxylic acids is 1. The summed E-state index contributed by atoms with van der Waals surface area (Å²) in [5, 5.41) is 14.0. The van der Waals surface area contributed by atoms with Crippen molar-refractivity contribution in [3.8, 4) is 0 Å². The Morgan fingerprint density at radius 1 is 0.447 bits per heavy atom. The Morgan fingerprint density at radius 3 is 0.987 bits per heavy atom. The van der Waals surface area contributed by atoms with Crippen LogP contribution in [0.5, 0.6) is 0 Å². The zero-order valence-electron chi connectivity index (χ0n) is 52.0. The molecule has 0 rings (SSSR count). The second kappa shape index (κ2) is 58.9. The van der Waals surface area contributed by atoms with E-state index in [4.69, 9.17) is 9.05 Å². The summed E-state index contributed by atoms with van der Waals surface area (Å²) in [6, 6.07) is -0.883. The number of nitrogens with one attached hydrogen (secondary N) is 1. The van der Waals surface area contributed by atoms with E-state index in [9.17, 15) is 19.4 Å². The Kier molecular flexibility index (Phi) is 58.3. The monoisotopic (exact) mass is 1100 g/mol. The Hall–Kier alpha value is -0.760. The maximum Gasteiger partial charge on any atom is 0.268 e. The molecule has 0 heterocycles. The predicted octanol–water partition coefficient (Wildman–Crippen LogP) is 20.7. The minimum Gasteiger partial charge on any atom is -0.756 e. The van der Waals surface area contributed by atoms with E-state index in [1.54, 1.807) is 6.08 Å². The number of phosphoric acid groups is 1. The van der Waals surface area contributed by atoms with Gasteiger partial charge >= 0.3 is 0 Å². The quantitative estimate of drug-likeness (QED) is 0.0272. The molecule has 0 aromatic carbocycles. The van der Waals surface area contributed by atoms with Gasteiger partial charge in [0.05, 0.1) is 39.9 Å². The number of aliphatic hydroxyl groups excluding tert-OH is 1. The van der Waals surface area contributed by atoms with Crippen LogP contribution in [0, 0.1) is 0 Å². The first-order valence-electron chi connectivity index (χ1n) is 34.1. The highest BCUT2D eigenvalue weighted by atomic mass is 31.2. The van der Waals surface area contributed by atoms with Gasteiger partial charge in [-0.2, -0.15) is 0 Å². The third-order valence-electron chi connectivity index (χ3n) is 16.0. The lowest BCUT2D eigenvalue weighted by Crippen LogP contribution is -2.45. The summed E-state index contributed by atoms with van der Waals surface area (Å²) in [6.07, 6.45) is 74.7. The highest BCUT2D eigenvalue weighted by Gasteiger charge is 2.23. The number of amides is 1. The Balaban J connectivity index is 4.05. The SMILES string of the molecule is CCCCCCCCCCCCCCCCCCCCCCCCCCCCCC/C=C/C(O)C(COP(=O)([O-])OCC[N+](C)(C)C)NC(=O)CCCCCCCCCCCCCCCCCCCCCCCCCC. The number of nitrogens with zero attached hydrogens (tertiary/aromatic N) is 1. The Morgan fingerprint density at radius 2 is 0.711 bits per heavy atom. The number of unbranched alkanes of at least 4 members (excludes halogenated alkanes) is 51. The van der Waals surface area contributed by atoms with Crippen LogP contribution in [0.25, 0.3) is 0 Å². The third kappa shape index (κ3) is 60.9. The summed E-state index contributed by atoms with van der Waals surface area (Å²) < 4.78 is 23.5. The van der Waals surface area contributed by atoms with Gasteiger partial charge in [-0.05, 0) is 19.3 Å². The van der Waals surface area contributed by atoms with Crippen LogP contribution in [0.2, 0.25) is 0 Å². The van der Waals surface area contributed by atoms with Gasteiger partial charge in [-0.3, -0.25) is 9.36 Å². The first-order chi connectivity index (χ1) is 37.0. The van der Waals surface area contributed by atoms with E-state index in [0.717, 1.165) is 38.5 Å². The standard InChI is InChI=1S/C67H135N2O6P/c1-6-8-10-12-14-16-18-20-22-24-26-28-30-32-33-34-35-36-37-38-40-42-44-46-48-50-52-54-56-58-60-66(70)65(64-75-76(72,73)74-63-62-69(3,4)5)68-67(71)61-59-57-55-53-51-49-47-45-43-41-39-31-29-27-25-23-21-19-17-15-13-11-9-7-2/h58,60,65-66,70H,6-57,59,61-64H2,1-5H3,(H-,68,71,72,73)/b60-58+. The fraction of sp³-hybridized carbons (Fsp3) is 0.955. The van der Waals surface area contributed by atoms with Crippen molar-refractivity contribution in [2.75, 3.05) is 40.9 Å². The van der Waals surface area contributed by atoms with Gasteiger partial charge in [-0.1, -0.05) is 347 Å². The molecule has 454 valence electrons. The van der Waals surface area contributed by atoms with Crippen LogP contribution in [-0.4, -0.2) is 68.5 Å². The number of carbonyl (C=O) groups is 1. The van der Waals surface area contributed by atoms with Crippen molar-refractivity contribution in [1.29, 1.82) is 0 Å². The lowest BCUT2D eigenvalue weighted by molar-refractivity contribution is -0.870. The van der Waals surface area contributed by atoms with Crippen molar-refractivity contribution >= 4 is 13.7 Å². The van der Waals surface area contributed by atoms with Crippen LogP contribution in [0.1, 0.15) is 361 Å². The van der Waals surface area contributed by atoms with Crippen molar-refractivity contribution in [3.05, 3.63) is 12.2 Å². The van der Waals surface area contributed by atoms with Gasteiger partial charge in [0.2, 0.25) is 5.91 Å². The summed E-state index contributed by atoms with van der Waals surface area (Å²) in [5.74, 6) is -0.188. The van der Waals surface area contributed by atoms with Gasteiger partial charge in [0.1, 0.15) is 13.2 Å². The van der Waals surface area contributed by atoms with E-state index in [-0.39, 0.29) is 19.1 Å². The second-order valence-electron chi connectivity index (χ2n) is 24.9. The highest BCUT2D eigenvalue weighted by molar-refractivity contribution is 7.45. The second-order valence-corrected chi connectivity index (χ2v) is 26.3. The topological polar surface area (TPSA) is 108 Å². The van der Waals surface area contributed by atoms with Gasteiger partial charge in [0, 0.05) is 6.42 Å². The molecule has 76 heavy (non-hydrogen) atoms. The minimum atomic E-state index is -4.60.